The molecule has 2 aromatic carbocycles. The lowest BCUT2D eigenvalue weighted by atomic mass is 10.2. The zero-order chi connectivity index (χ0) is 12.1. The van der Waals surface area contributed by atoms with E-state index in [2.05, 4.69) is 12.1 Å². The fourth-order valence-corrected chi connectivity index (χ4v) is 1.71. The Morgan fingerprint density at radius 3 is 1.88 bits per heavy atom. The molecule has 0 bridgehead atoms. The Hall–Kier alpha value is -2.29. The second kappa shape index (κ2) is 5.16. The minimum atomic E-state index is 0.306. The summed E-state index contributed by atoms with van der Waals surface area (Å²) in [5.74, 6) is 0.306. The van der Waals surface area contributed by atoms with Gasteiger partial charge in [0.15, 0.2) is 0 Å². The Morgan fingerprint density at radius 2 is 1.35 bits per heavy atom. The van der Waals surface area contributed by atoms with Crippen molar-refractivity contribution in [1.82, 2.24) is 0 Å². The SMILES string of the molecule is NC(N)=[N+](Cc1ccccc1)c1ccccc1. The Bertz CT molecular complexity index is 500. The largest absolute Gasteiger partial charge is 0.346 e. The van der Waals surface area contributed by atoms with Crippen LogP contribution in [0, 0.1) is 0 Å². The molecule has 0 fully saturated rings. The molecule has 2 aromatic rings. The van der Waals surface area contributed by atoms with E-state index in [0.717, 1.165) is 5.69 Å². The zero-order valence-electron chi connectivity index (χ0n) is 9.58. The Kier molecular flexibility index (Phi) is 3.40. The van der Waals surface area contributed by atoms with Gasteiger partial charge in [-0.2, -0.15) is 0 Å². The summed E-state index contributed by atoms with van der Waals surface area (Å²) in [6, 6.07) is 20.0. The molecule has 0 saturated carbocycles. The van der Waals surface area contributed by atoms with Crippen LogP contribution in [0.15, 0.2) is 60.7 Å². The van der Waals surface area contributed by atoms with Crippen LogP contribution in [0.1, 0.15) is 5.56 Å². The second-order valence-corrected chi connectivity index (χ2v) is 3.83. The molecule has 0 radical (unpaired) electrons. The summed E-state index contributed by atoms with van der Waals surface area (Å²) in [4.78, 5) is 0. The molecular weight excluding hydrogens is 210 g/mol. The number of hydrogen-bond acceptors (Lipinski definition) is 0. The molecule has 0 atom stereocenters. The van der Waals surface area contributed by atoms with Gasteiger partial charge in [0.1, 0.15) is 5.69 Å². The molecule has 3 nitrogen and oxygen atoms in total. The lowest BCUT2D eigenvalue weighted by molar-refractivity contribution is -0.460. The minimum Gasteiger partial charge on any atom is -0.291 e. The molecule has 0 amide bonds. The summed E-state index contributed by atoms with van der Waals surface area (Å²) in [6.07, 6.45) is 0. The van der Waals surface area contributed by atoms with E-state index in [1.165, 1.54) is 5.56 Å². The van der Waals surface area contributed by atoms with E-state index < -0.39 is 0 Å². The predicted molar refractivity (Wildman–Crippen MR) is 69.9 cm³/mol. The van der Waals surface area contributed by atoms with Crippen LogP contribution in [0.5, 0.6) is 0 Å². The van der Waals surface area contributed by atoms with Crippen LogP contribution in [0.3, 0.4) is 0 Å². The van der Waals surface area contributed by atoms with Gasteiger partial charge in [0.05, 0.1) is 6.54 Å². The van der Waals surface area contributed by atoms with Gasteiger partial charge in [0.25, 0.3) is 0 Å². The summed E-state index contributed by atoms with van der Waals surface area (Å²) >= 11 is 0. The van der Waals surface area contributed by atoms with E-state index in [1.54, 1.807) is 0 Å². The van der Waals surface area contributed by atoms with E-state index in [0.29, 0.717) is 12.5 Å². The molecule has 0 aliphatic heterocycles. The van der Waals surface area contributed by atoms with Crippen molar-refractivity contribution in [3.63, 3.8) is 0 Å². The van der Waals surface area contributed by atoms with E-state index >= 15 is 0 Å². The summed E-state index contributed by atoms with van der Waals surface area (Å²) in [6.45, 7) is 0.674. The fraction of sp³-hybridized carbons (Fsp3) is 0.0714. The lowest BCUT2D eigenvalue weighted by Gasteiger charge is -2.09. The monoisotopic (exact) mass is 226 g/mol. The Balaban J connectivity index is 2.31. The maximum Gasteiger partial charge on any atom is 0.346 e. The number of rotatable bonds is 3. The number of hydrogen-bond donors (Lipinski definition) is 2. The molecule has 0 aliphatic rings. The average Bonchev–Trinajstić information content (AvgIpc) is 2.38. The van der Waals surface area contributed by atoms with Crippen molar-refractivity contribution in [2.75, 3.05) is 0 Å². The van der Waals surface area contributed by atoms with Crippen LogP contribution in [-0.2, 0) is 6.54 Å². The third-order valence-electron chi connectivity index (χ3n) is 2.56. The highest BCUT2D eigenvalue weighted by atomic mass is 15.1. The van der Waals surface area contributed by atoms with Crippen molar-refractivity contribution in [3.8, 4) is 0 Å². The van der Waals surface area contributed by atoms with E-state index in [9.17, 15) is 0 Å². The van der Waals surface area contributed by atoms with Gasteiger partial charge in [-0.1, -0.05) is 48.5 Å². The zero-order valence-corrected chi connectivity index (χ0v) is 9.58. The van der Waals surface area contributed by atoms with Crippen molar-refractivity contribution >= 4 is 11.6 Å². The lowest BCUT2D eigenvalue weighted by Crippen LogP contribution is -2.33. The third-order valence-corrected chi connectivity index (χ3v) is 2.56. The van der Waals surface area contributed by atoms with E-state index in [4.69, 9.17) is 11.5 Å². The van der Waals surface area contributed by atoms with Crippen molar-refractivity contribution < 1.29 is 4.58 Å². The van der Waals surface area contributed by atoms with Gasteiger partial charge in [-0.05, 0) is 17.7 Å². The molecule has 3 heteroatoms. The van der Waals surface area contributed by atoms with Gasteiger partial charge >= 0.3 is 5.96 Å². The normalized spacial score (nSPS) is 9.88. The van der Waals surface area contributed by atoms with Crippen LogP contribution >= 0.6 is 0 Å². The molecule has 0 heterocycles. The van der Waals surface area contributed by atoms with Gasteiger partial charge < -0.3 is 0 Å². The summed E-state index contributed by atoms with van der Waals surface area (Å²) in [5.41, 5.74) is 13.6. The first-order chi connectivity index (χ1) is 8.27. The van der Waals surface area contributed by atoms with Gasteiger partial charge in [-0.25, -0.2) is 4.58 Å². The van der Waals surface area contributed by atoms with Crippen molar-refractivity contribution in [1.29, 1.82) is 0 Å². The Labute approximate surface area is 101 Å². The molecule has 0 unspecified atom stereocenters. The number of nitrogens with zero attached hydrogens (tertiary/aromatic N) is 1. The highest BCUT2D eigenvalue weighted by molar-refractivity contribution is 5.71. The standard InChI is InChI=1S/C14H15N3/c15-14(16)17(13-9-5-2-6-10-13)11-12-7-3-1-4-8-12/h1-10H,11H2,(H3,15,16)/p+1. The van der Waals surface area contributed by atoms with E-state index in [-0.39, 0.29) is 0 Å². The van der Waals surface area contributed by atoms with Crippen molar-refractivity contribution in [3.05, 3.63) is 66.2 Å². The van der Waals surface area contributed by atoms with Crippen LogP contribution < -0.4 is 11.5 Å². The molecule has 0 aliphatic carbocycles. The smallest absolute Gasteiger partial charge is 0.291 e. The van der Waals surface area contributed by atoms with Crippen LogP contribution in [0.25, 0.3) is 0 Å². The van der Waals surface area contributed by atoms with Gasteiger partial charge in [-0.15, -0.1) is 0 Å². The number of benzene rings is 2. The van der Waals surface area contributed by atoms with Crippen molar-refractivity contribution in [2.24, 2.45) is 11.5 Å². The fourth-order valence-electron chi connectivity index (χ4n) is 1.71. The highest BCUT2D eigenvalue weighted by Crippen LogP contribution is 2.13. The number of para-hydroxylation sites is 1. The molecule has 0 spiro atoms. The number of guanidine groups is 1. The molecule has 0 aromatic heterocycles. The van der Waals surface area contributed by atoms with Crippen LogP contribution in [0.4, 0.5) is 5.69 Å². The molecule has 86 valence electrons. The average molecular weight is 226 g/mol. The third kappa shape index (κ3) is 2.84. The van der Waals surface area contributed by atoms with Gasteiger partial charge in [0.2, 0.25) is 0 Å². The summed E-state index contributed by atoms with van der Waals surface area (Å²) < 4.78 is 1.88. The minimum absolute atomic E-state index is 0.306. The predicted octanol–water partition coefficient (Wildman–Crippen LogP) is 1.80. The van der Waals surface area contributed by atoms with Gasteiger partial charge in [0, 0.05) is 0 Å². The quantitative estimate of drug-likeness (QED) is 0.476. The summed E-state index contributed by atoms with van der Waals surface area (Å²) in [5, 5.41) is 0. The molecule has 2 rings (SSSR count). The first-order valence-corrected chi connectivity index (χ1v) is 5.52. The molecule has 0 saturated heterocycles. The first-order valence-electron chi connectivity index (χ1n) is 5.52. The van der Waals surface area contributed by atoms with E-state index in [1.807, 2.05) is 53.1 Å². The summed E-state index contributed by atoms with van der Waals surface area (Å²) in [7, 11) is 0. The number of nitrogens with two attached hydrogens (primary N) is 2. The molecule has 17 heavy (non-hydrogen) atoms. The maximum absolute atomic E-state index is 5.74. The first kappa shape index (κ1) is 11.2. The highest BCUT2D eigenvalue weighted by Gasteiger charge is 2.07. The molecule has 4 N–H and O–H groups in total. The molecular formula is C14H16N3+. The Morgan fingerprint density at radius 1 is 0.824 bits per heavy atom. The van der Waals surface area contributed by atoms with Gasteiger partial charge in [-0.3, -0.25) is 11.5 Å². The topological polar surface area (TPSA) is 55.0 Å². The van der Waals surface area contributed by atoms with Crippen LogP contribution in [-0.4, -0.2) is 10.5 Å². The van der Waals surface area contributed by atoms with Crippen molar-refractivity contribution in [2.45, 2.75) is 6.54 Å². The second-order valence-electron chi connectivity index (χ2n) is 3.83. The maximum atomic E-state index is 5.74. The van der Waals surface area contributed by atoms with Crippen LogP contribution in [0.2, 0.25) is 0 Å².